The van der Waals surface area contributed by atoms with Crippen LogP contribution in [0.3, 0.4) is 0 Å². The van der Waals surface area contributed by atoms with Crippen LogP contribution < -0.4 is 10.6 Å². The van der Waals surface area contributed by atoms with Gasteiger partial charge in [-0.05, 0) is 58.0 Å². The molecule has 0 atom stereocenters. The fourth-order valence-electron chi connectivity index (χ4n) is 3.46. The van der Waals surface area contributed by atoms with Gasteiger partial charge in [0.05, 0.1) is 6.54 Å². The van der Waals surface area contributed by atoms with Crippen molar-refractivity contribution in [2.45, 2.75) is 45.6 Å². The van der Waals surface area contributed by atoms with Gasteiger partial charge in [0, 0.05) is 18.7 Å². The number of likely N-dealkylation sites (tertiary alicyclic amines) is 1. The highest BCUT2D eigenvalue weighted by atomic mass is 127. The van der Waals surface area contributed by atoms with Crippen molar-refractivity contribution in [1.82, 2.24) is 20.5 Å². The summed E-state index contributed by atoms with van der Waals surface area (Å²) in [6, 6.07) is 9.94. The Morgan fingerprint density at radius 3 is 2.59 bits per heavy atom. The van der Waals surface area contributed by atoms with E-state index in [1.54, 1.807) is 6.26 Å². The van der Waals surface area contributed by atoms with E-state index in [-0.39, 0.29) is 24.0 Å². The van der Waals surface area contributed by atoms with Gasteiger partial charge in [-0.25, -0.2) is 9.98 Å². The highest BCUT2D eigenvalue weighted by Crippen LogP contribution is 2.18. The van der Waals surface area contributed by atoms with Crippen LogP contribution in [-0.2, 0) is 6.54 Å². The minimum absolute atomic E-state index is 0. The molecular formula is C22H34IN5O. The van der Waals surface area contributed by atoms with Gasteiger partial charge in [-0.15, -0.1) is 24.0 Å². The number of oxazole rings is 1. The number of rotatable bonds is 8. The summed E-state index contributed by atoms with van der Waals surface area (Å²) in [6.07, 6.45) is 8.29. The Bertz CT molecular complexity index is 711. The van der Waals surface area contributed by atoms with Crippen molar-refractivity contribution in [3.05, 3.63) is 42.3 Å². The molecule has 7 heteroatoms. The summed E-state index contributed by atoms with van der Waals surface area (Å²) in [4.78, 5) is 11.8. The minimum atomic E-state index is 0. The quantitative estimate of drug-likeness (QED) is 0.240. The predicted molar refractivity (Wildman–Crippen MR) is 130 cm³/mol. The number of nitrogens with one attached hydrogen (secondary N) is 2. The number of halogens is 1. The molecule has 0 radical (unpaired) electrons. The lowest BCUT2D eigenvalue weighted by atomic mass is 10.2. The molecule has 2 aromatic rings. The van der Waals surface area contributed by atoms with Crippen molar-refractivity contribution in [3.63, 3.8) is 0 Å². The van der Waals surface area contributed by atoms with Gasteiger partial charge in [-0.1, -0.05) is 31.0 Å². The number of benzene rings is 1. The largest absolute Gasteiger partial charge is 0.444 e. The van der Waals surface area contributed by atoms with Crippen LogP contribution in [-0.4, -0.2) is 48.6 Å². The van der Waals surface area contributed by atoms with Crippen LogP contribution in [0.15, 0.2) is 46.0 Å². The minimum Gasteiger partial charge on any atom is -0.444 e. The second-order valence-corrected chi connectivity index (χ2v) is 7.24. The molecule has 160 valence electrons. The number of aromatic nitrogens is 1. The van der Waals surface area contributed by atoms with E-state index >= 15 is 0 Å². The van der Waals surface area contributed by atoms with Crippen molar-refractivity contribution in [2.75, 3.05) is 32.7 Å². The van der Waals surface area contributed by atoms with Gasteiger partial charge in [0.1, 0.15) is 12.0 Å². The maximum absolute atomic E-state index is 5.59. The monoisotopic (exact) mass is 511 g/mol. The molecule has 1 aromatic carbocycles. The van der Waals surface area contributed by atoms with E-state index in [1.165, 1.54) is 38.8 Å². The summed E-state index contributed by atoms with van der Waals surface area (Å²) >= 11 is 0. The van der Waals surface area contributed by atoms with E-state index in [1.807, 2.05) is 30.3 Å². The average molecular weight is 511 g/mol. The first kappa shape index (κ1) is 23.7. The van der Waals surface area contributed by atoms with Crippen LogP contribution in [0.2, 0.25) is 0 Å². The molecule has 2 heterocycles. The number of hydrogen-bond donors (Lipinski definition) is 2. The third-order valence-electron chi connectivity index (χ3n) is 4.96. The summed E-state index contributed by atoms with van der Waals surface area (Å²) in [5.74, 6) is 1.48. The zero-order valence-corrected chi connectivity index (χ0v) is 19.7. The summed E-state index contributed by atoms with van der Waals surface area (Å²) in [5.41, 5.74) is 1.82. The molecule has 6 nitrogen and oxygen atoms in total. The number of nitrogens with zero attached hydrogens (tertiary/aromatic N) is 3. The normalized spacial score (nSPS) is 15.4. The molecule has 29 heavy (non-hydrogen) atoms. The Morgan fingerprint density at radius 1 is 1.10 bits per heavy atom. The standard InChI is InChI=1S/C22H33N5O.HI/c1-2-23-22(24-13-10-16-27-14-8-3-4-9-15-27)25-17-20-18-28-21(26-20)19-11-6-5-7-12-19;/h5-7,11-12,18H,2-4,8-10,13-17H2,1H3,(H2,23,24,25);1H. The fraction of sp³-hybridized carbons (Fsp3) is 0.545. The Balaban J connectivity index is 0.00000300. The number of aliphatic imine (C=N–C) groups is 1. The van der Waals surface area contributed by atoms with Crippen LogP contribution in [0.4, 0.5) is 0 Å². The first-order valence-electron chi connectivity index (χ1n) is 10.6. The van der Waals surface area contributed by atoms with Crippen LogP contribution >= 0.6 is 24.0 Å². The van der Waals surface area contributed by atoms with Crippen LogP contribution in [0, 0.1) is 0 Å². The SMILES string of the molecule is CCNC(=NCc1coc(-c2ccccc2)n1)NCCCN1CCCCCC1.I. The molecule has 3 rings (SSSR count). The topological polar surface area (TPSA) is 65.7 Å². The van der Waals surface area contributed by atoms with Gasteiger partial charge in [-0.3, -0.25) is 0 Å². The Labute approximate surface area is 191 Å². The smallest absolute Gasteiger partial charge is 0.226 e. The molecule has 1 fully saturated rings. The molecule has 0 amide bonds. The second kappa shape index (κ2) is 13.6. The third-order valence-corrected chi connectivity index (χ3v) is 4.96. The Kier molecular flexibility index (Phi) is 11.1. The summed E-state index contributed by atoms with van der Waals surface area (Å²) in [7, 11) is 0. The Morgan fingerprint density at radius 2 is 1.86 bits per heavy atom. The van der Waals surface area contributed by atoms with Crippen molar-refractivity contribution in [2.24, 2.45) is 4.99 Å². The zero-order valence-electron chi connectivity index (χ0n) is 17.4. The van der Waals surface area contributed by atoms with Gasteiger partial charge < -0.3 is 20.0 Å². The van der Waals surface area contributed by atoms with Gasteiger partial charge >= 0.3 is 0 Å². The van der Waals surface area contributed by atoms with Crippen molar-refractivity contribution in [1.29, 1.82) is 0 Å². The number of hydrogen-bond acceptors (Lipinski definition) is 4. The lowest BCUT2D eigenvalue weighted by Gasteiger charge is -2.20. The molecule has 1 aliphatic heterocycles. The molecular weight excluding hydrogens is 477 g/mol. The molecule has 0 aliphatic carbocycles. The van der Waals surface area contributed by atoms with E-state index < -0.39 is 0 Å². The summed E-state index contributed by atoms with van der Waals surface area (Å²) in [6.45, 7) is 8.02. The van der Waals surface area contributed by atoms with E-state index in [0.29, 0.717) is 12.4 Å². The molecule has 0 spiro atoms. The lowest BCUT2D eigenvalue weighted by Crippen LogP contribution is -2.39. The Hall–Kier alpha value is -1.61. The third kappa shape index (κ3) is 8.34. The van der Waals surface area contributed by atoms with Gasteiger partial charge in [0.25, 0.3) is 0 Å². The van der Waals surface area contributed by atoms with E-state index in [0.717, 1.165) is 43.3 Å². The molecule has 0 saturated carbocycles. The van der Waals surface area contributed by atoms with Crippen LogP contribution in [0.5, 0.6) is 0 Å². The molecule has 0 unspecified atom stereocenters. The lowest BCUT2D eigenvalue weighted by molar-refractivity contribution is 0.282. The molecule has 1 aromatic heterocycles. The van der Waals surface area contributed by atoms with Crippen molar-refractivity contribution >= 4 is 29.9 Å². The van der Waals surface area contributed by atoms with Gasteiger partial charge in [0.2, 0.25) is 5.89 Å². The maximum Gasteiger partial charge on any atom is 0.226 e. The zero-order chi connectivity index (χ0) is 19.4. The van der Waals surface area contributed by atoms with Crippen LogP contribution in [0.1, 0.15) is 44.7 Å². The first-order valence-corrected chi connectivity index (χ1v) is 10.6. The van der Waals surface area contributed by atoms with Crippen LogP contribution in [0.25, 0.3) is 11.5 Å². The molecule has 1 aliphatic rings. The fourth-order valence-corrected chi connectivity index (χ4v) is 3.46. The van der Waals surface area contributed by atoms with E-state index in [4.69, 9.17) is 4.42 Å². The highest BCUT2D eigenvalue weighted by molar-refractivity contribution is 14.0. The van der Waals surface area contributed by atoms with Crippen molar-refractivity contribution in [3.8, 4) is 11.5 Å². The first-order chi connectivity index (χ1) is 13.8. The molecule has 1 saturated heterocycles. The predicted octanol–water partition coefficient (Wildman–Crippen LogP) is 4.28. The molecule has 2 N–H and O–H groups in total. The summed E-state index contributed by atoms with van der Waals surface area (Å²) in [5, 5.41) is 6.75. The molecule has 0 bridgehead atoms. The van der Waals surface area contributed by atoms with E-state index in [2.05, 4.69) is 32.4 Å². The second-order valence-electron chi connectivity index (χ2n) is 7.24. The van der Waals surface area contributed by atoms with E-state index in [9.17, 15) is 0 Å². The number of guanidine groups is 1. The summed E-state index contributed by atoms with van der Waals surface area (Å²) < 4.78 is 5.59. The average Bonchev–Trinajstić information content (AvgIpc) is 3.05. The highest BCUT2D eigenvalue weighted by Gasteiger charge is 2.09. The maximum atomic E-state index is 5.59. The van der Waals surface area contributed by atoms with Crippen molar-refractivity contribution < 1.29 is 4.42 Å². The van der Waals surface area contributed by atoms with Gasteiger partial charge in [0.15, 0.2) is 5.96 Å². The van der Waals surface area contributed by atoms with Gasteiger partial charge in [-0.2, -0.15) is 0 Å².